The Morgan fingerprint density at radius 2 is 2.22 bits per heavy atom. The Labute approximate surface area is 145 Å². The SMILES string of the molecule is Cc1ccc(CC(=O)N2CCNCC2c2cccc(F)c2)s1.Cl. The second-order valence-corrected chi connectivity index (χ2v) is 6.92. The fraction of sp³-hybridized carbons (Fsp3) is 0.353. The van der Waals surface area contributed by atoms with Gasteiger partial charge < -0.3 is 10.2 Å². The topological polar surface area (TPSA) is 32.3 Å². The van der Waals surface area contributed by atoms with Crippen LogP contribution in [-0.4, -0.2) is 30.4 Å². The van der Waals surface area contributed by atoms with E-state index in [1.807, 2.05) is 30.0 Å². The smallest absolute Gasteiger partial charge is 0.228 e. The van der Waals surface area contributed by atoms with Gasteiger partial charge in [-0.25, -0.2) is 4.39 Å². The van der Waals surface area contributed by atoms with Crippen LogP contribution in [0, 0.1) is 12.7 Å². The highest BCUT2D eigenvalue weighted by Crippen LogP contribution is 2.25. The summed E-state index contributed by atoms with van der Waals surface area (Å²) in [5.74, 6) is -0.151. The zero-order valence-electron chi connectivity index (χ0n) is 12.9. The predicted molar refractivity (Wildman–Crippen MR) is 93.7 cm³/mol. The van der Waals surface area contributed by atoms with Gasteiger partial charge in [-0.3, -0.25) is 4.79 Å². The van der Waals surface area contributed by atoms with Crippen molar-refractivity contribution in [2.24, 2.45) is 0 Å². The molecule has 0 saturated carbocycles. The van der Waals surface area contributed by atoms with Gasteiger partial charge in [-0.2, -0.15) is 0 Å². The van der Waals surface area contributed by atoms with Crippen LogP contribution in [0.3, 0.4) is 0 Å². The molecule has 23 heavy (non-hydrogen) atoms. The number of rotatable bonds is 3. The van der Waals surface area contributed by atoms with Crippen molar-refractivity contribution in [1.82, 2.24) is 10.2 Å². The van der Waals surface area contributed by atoms with E-state index in [1.54, 1.807) is 17.4 Å². The molecule has 1 aliphatic rings. The van der Waals surface area contributed by atoms with E-state index in [0.29, 0.717) is 19.5 Å². The molecule has 3 nitrogen and oxygen atoms in total. The summed E-state index contributed by atoms with van der Waals surface area (Å²) < 4.78 is 13.5. The molecule has 1 aliphatic heterocycles. The molecule has 1 fully saturated rings. The molecule has 0 radical (unpaired) electrons. The fourth-order valence-corrected chi connectivity index (χ4v) is 3.73. The van der Waals surface area contributed by atoms with Crippen LogP contribution in [0.1, 0.15) is 21.4 Å². The molecule has 0 bridgehead atoms. The maximum atomic E-state index is 13.5. The predicted octanol–water partition coefficient (Wildman–Crippen LogP) is 3.33. The van der Waals surface area contributed by atoms with Gasteiger partial charge in [0.25, 0.3) is 0 Å². The number of thiophene rings is 1. The van der Waals surface area contributed by atoms with Gasteiger partial charge in [-0.05, 0) is 36.8 Å². The summed E-state index contributed by atoms with van der Waals surface area (Å²) >= 11 is 1.66. The Kier molecular flexibility index (Phi) is 6.16. The number of amides is 1. The standard InChI is InChI=1S/C17H19FN2OS.ClH/c1-12-5-6-15(22-12)10-17(21)20-8-7-19-11-16(20)13-3-2-4-14(18)9-13;/h2-6,9,16,19H,7-8,10-11H2,1H3;1H. The molecule has 1 amide bonds. The fourth-order valence-electron chi connectivity index (χ4n) is 2.85. The molecule has 1 unspecified atom stereocenters. The van der Waals surface area contributed by atoms with E-state index in [-0.39, 0.29) is 30.2 Å². The van der Waals surface area contributed by atoms with E-state index in [9.17, 15) is 9.18 Å². The summed E-state index contributed by atoms with van der Waals surface area (Å²) in [4.78, 5) is 16.8. The highest BCUT2D eigenvalue weighted by molar-refractivity contribution is 7.12. The number of halogens is 2. The van der Waals surface area contributed by atoms with Gasteiger partial charge >= 0.3 is 0 Å². The van der Waals surface area contributed by atoms with Crippen LogP contribution < -0.4 is 5.32 Å². The van der Waals surface area contributed by atoms with Crippen molar-refractivity contribution >= 4 is 29.7 Å². The van der Waals surface area contributed by atoms with E-state index in [2.05, 4.69) is 5.32 Å². The van der Waals surface area contributed by atoms with Crippen molar-refractivity contribution in [3.05, 3.63) is 57.5 Å². The van der Waals surface area contributed by atoms with E-state index in [1.165, 1.54) is 17.0 Å². The molecule has 2 aromatic rings. The van der Waals surface area contributed by atoms with Crippen LogP contribution in [-0.2, 0) is 11.2 Å². The third-order valence-electron chi connectivity index (χ3n) is 3.92. The summed E-state index contributed by atoms with van der Waals surface area (Å²) in [6, 6.07) is 10.5. The number of carbonyl (C=O) groups excluding carboxylic acids is 1. The number of nitrogens with one attached hydrogen (secondary N) is 1. The molecular formula is C17H20ClFN2OS. The molecule has 0 aliphatic carbocycles. The van der Waals surface area contributed by atoms with E-state index in [4.69, 9.17) is 0 Å². The minimum absolute atomic E-state index is 0. The first kappa shape index (κ1) is 17.9. The van der Waals surface area contributed by atoms with Crippen LogP contribution in [0.5, 0.6) is 0 Å². The first-order valence-corrected chi connectivity index (χ1v) is 8.26. The van der Waals surface area contributed by atoms with Crippen molar-refractivity contribution in [3.8, 4) is 0 Å². The minimum Gasteiger partial charge on any atom is -0.333 e. The summed E-state index contributed by atoms with van der Waals surface area (Å²) in [5.41, 5.74) is 0.850. The first-order chi connectivity index (χ1) is 10.6. The number of benzene rings is 1. The van der Waals surface area contributed by atoms with Crippen molar-refractivity contribution in [2.45, 2.75) is 19.4 Å². The lowest BCUT2D eigenvalue weighted by molar-refractivity contribution is -0.133. The van der Waals surface area contributed by atoms with E-state index >= 15 is 0 Å². The monoisotopic (exact) mass is 354 g/mol. The molecule has 1 N–H and O–H groups in total. The van der Waals surface area contributed by atoms with Crippen LogP contribution in [0.15, 0.2) is 36.4 Å². The van der Waals surface area contributed by atoms with E-state index < -0.39 is 0 Å². The van der Waals surface area contributed by atoms with Crippen LogP contribution in [0.4, 0.5) is 4.39 Å². The maximum absolute atomic E-state index is 13.5. The quantitative estimate of drug-likeness (QED) is 0.917. The normalized spacial score (nSPS) is 17.7. The molecule has 1 saturated heterocycles. The first-order valence-electron chi connectivity index (χ1n) is 7.44. The number of aryl methyl sites for hydroxylation is 1. The molecule has 0 spiro atoms. The minimum atomic E-state index is -0.260. The molecule has 2 heterocycles. The third kappa shape index (κ3) is 4.31. The van der Waals surface area contributed by atoms with Gasteiger partial charge in [0.15, 0.2) is 0 Å². The average molecular weight is 355 g/mol. The summed E-state index contributed by atoms with van der Waals surface area (Å²) in [7, 11) is 0. The second kappa shape index (κ2) is 7.90. The number of carbonyl (C=O) groups is 1. The Morgan fingerprint density at radius 3 is 2.91 bits per heavy atom. The van der Waals surface area contributed by atoms with Crippen LogP contribution in [0.2, 0.25) is 0 Å². The van der Waals surface area contributed by atoms with Crippen molar-refractivity contribution in [2.75, 3.05) is 19.6 Å². The third-order valence-corrected chi connectivity index (χ3v) is 4.92. The molecule has 3 rings (SSSR count). The maximum Gasteiger partial charge on any atom is 0.228 e. The zero-order chi connectivity index (χ0) is 15.5. The highest BCUT2D eigenvalue weighted by Gasteiger charge is 2.28. The molecular weight excluding hydrogens is 335 g/mol. The number of piperazine rings is 1. The van der Waals surface area contributed by atoms with E-state index in [0.717, 1.165) is 17.0 Å². The second-order valence-electron chi connectivity index (χ2n) is 5.55. The van der Waals surface area contributed by atoms with Gasteiger partial charge in [0.05, 0.1) is 12.5 Å². The number of hydrogen-bond donors (Lipinski definition) is 1. The summed E-state index contributed by atoms with van der Waals surface area (Å²) in [6.07, 6.45) is 0.421. The zero-order valence-corrected chi connectivity index (χ0v) is 14.6. The Morgan fingerprint density at radius 1 is 1.39 bits per heavy atom. The van der Waals surface area contributed by atoms with Gasteiger partial charge in [-0.15, -0.1) is 23.7 Å². The number of nitrogens with zero attached hydrogens (tertiary/aromatic N) is 1. The average Bonchev–Trinajstić information content (AvgIpc) is 2.92. The molecule has 124 valence electrons. The van der Waals surface area contributed by atoms with Crippen molar-refractivity contribution in [1.29, 1.82) is 0 Å². The van der Waals surface area contributed by atoms with Gasteiger partial charge in [0.1, 0.15) is 5.82 Å². The van der Waals surface area contributed by atoms with Crippen molar-refractivity contribution < 1.29 is 9.18 Å². The van der Waals surface area contributed by atoms with Gasteiger partial charge in [0, 0.05) is 29.4 Å². The molecule has 1 atom stereocenters. The Balaban J connectivity index is 0.00000192. The summed E-state index contributed by atoms with van der Waals surface area (Å²) in [6.45, 7) is 4.14. The largest absolute Gasteiger partial charge is 0.333 e. The number of hydrogen-bond acceptors (Lipinski definition) is 3. The van der Waals surface area contributed by atoms with Crippen molar-refractivity contribution in [3.63, 3.8) is 0 Å². The Hall–Kier alpha value is -1.43. The lowest BCUT2D eigenvalue weighted by Crippen LogP contribution is -2.49. The van der Waals surface area contributed by atoms with Crippen LogP contribution >= 0.6 is 23.7 Å². The van der Waals surface area contributed by atoms with Gasteiger partial charge in [-0.1, -0.05) is 12.1 Å². The highest BCUT2D eigenvalue weighted by atomic mass is 35.5. The Bertz CT molecular complexity index is 676. The molecule has 6 heteroatoms. The van der Waals surface area contributed by atoms with Gasteiger partial charge in [0.2, 0.25) is 5.91 Å². The molecule has 1 aromatic carbocycles. The summed E-state index contributed by atoms with van der Waals surface area (Å²) in [5, 5.41) is 3.29. The van der Waals surface area contributed by atoms with Crippen LogP contribution in [0.25, 0.3) is 0 Å². The lowest BCUT2D eigenvalue weighted by atomic mass is 10.0. The molecule has 1 aromatic heterocycles. The lowest BCUT2D eigenvalue weighted by Gasteiger charge is -2.36.